The van der Waals surface area contributed by atoms with Crippen molar-refractivity contribution < 1.29 is 4.74 Å². The van der Waals surface area contributed by atoms with Crippen LogP contribution in [0, 0.1) is 6.92 Å². The number of nitrogens with one attached hydrogen (secondary N) is 1. The lowest BCUT2D eigenvalue weighted by atomic mass is 9.88. The highest BCUT2D eigenvalue weighted by Gasteiger charge is 2.33. The Labute approximate surface area is 84.3 Å². The minimum Gasteiger partial charge on any atom is -0.372 e. The Bertz CT molecular complexity index is 361. The molecule has 0 saturated carbocycles. The molecule has 1 N–H and O–H groups in total. The molecule has 14 heavy (non-hydrogen) atoms. The van der Waals surface area contributed by atoms with Crippen LogP contribution >= 0.6 is 0 Å². The fourth-order valence-corrected chi connectivity index (χ4v) is 2.53. The summed E-state index contributed by atoms with van der Waals surface area (Å²) in [6, 6.07) is 6.70. The number of ether oxygens (including phenoxy) is 1. The van der Waals surface area contributed by atoms with Crippen LogP contribution in [0.1, 0.15) is 22.6 Å². The molecule has 1 saturated heterocycles. The highest BCUT2D eigenvalue weighted by atomic mass is 16.5. The summed E-state index contributed by atoms with van der Waals surface area (Å²) in [5.74, 6) is 0.582. The van der Waals surface area contributed by atoms with Gasteiger partial charge in [-0.1, -0.05) is 23.8 Å². The fourth-order valence-electron chi connectivity index (χ4n) is 2.53. The fraction of sp³-hybridized carbons (Fsp3) is 0.500. The minimum absolute atomic E-state index is 0.407. The maximum Gasteiger partial charge on any atom is 0.0784 e. The molecule has 3 rings (SSSR count). The first-order chi connectivity index (χ1) is 6.84. The number of rotatable bonds is 0. The van der Waals surface area contributed by atoms with Gasteiger partial charge in [-0.05, 0) is 18.1 Å². The van der Waals surface area contributed by atoms with Gasteiger partial charge in [0.15, 0.2) is 0 Å². The van der Waals surface area contributed by atoms with Crippen LogP contribution in [-0.2, 0) is 11.3 Å². The summed E-state index contributed by atoms with van der Waals surface area (Å²) in [4.78, 5) is 0. The van der Waals surface area contributed by atoms with Crippen LogP contribution < -0.4 is 5.32 Å². The zero-order chi connectivity index (χ0) is 9.54. The summed E-state index contributed by atoms with van der Waals surface area (Å²) in [6.45, 7) is 5.03. The third-order valence-electron chi connectivity index (χ3n) is 3.31. The smallest absolute Gasteiger partial charge is 0.0784 e. The molecule has 1 aromatic rings. The topological polar surface area (TPSA) is 21.3 Å². The molecule has 2 heteroatoms. The van der Waals surface area contributed by atoms with Crippen LogP contribution in [0.5, 0.6) is 0 Å². The number of benzene rings is 1. The average molecular weight is 189 g/mol. The summed E-state index contributed by atoms with van der Waals surface area (Å²) in [5, 5.41) is 3.40. The van der Waals surface area contributed by atoms with Gasteiger partial charge >= 0.3 is 0 Å². The van der Waals surface area contributed by atoms with E-state index >= 15 is 0 Å². The van der Waals surface area contributed by atoms with Crippen LogP contribution in [0.25, 0.3) is 0 Å². The molecule has 0 aliphatic carbocycles. The van der Waals surface area contributed by atoms with Gasteiger partial charge in [0.1, 0.15) is 0 Å². The van der Waals surface area contributed by atoms with Gasteiger partial charge in [0, 0.05) is 19.0 Å². The largest absolute Gasteiger partial charge is 0.372 e. The molecule has 2 nitrogen and oxygen atoms in total. The first kappa shape index (κ1) is 8.45. The van der Waals surface area contributed by atoms with Gasteiger partial charge in [0.25, 0.3) is 0 Å². The normalized spacial score (nSPS) is 29.8. The number of hydrogen-bond acceptors (Lipinski definition) is 2. The van der Waals surface area contributed by atoms with Crippen LogP contribution in [-0.4, -0.2) is 19.2 Å². The predicted octanol–water partition coefficient (Wildman–Crippen LogP) is 1.58. The van der Waals surface area contributed by atoms with Crippen molar-refractivity contribution in [3.8, 4) is 0 Å². The third-order valence-corrected chi connectivity index (χ3v) is 3.31. The number of aryl methyl sites for hydroxylation is 1. The Morgan fingerprint density at radius 2 is 2.29 bits per heavy atom. The third kappa shape index (κ3) is 1.18. The number of hydrogen-bond donors (Lipinski definition) is 1. The summed E-state index contributed by atoms with van der Waals surface area (Å²) in [5.41, 5.74) is 4.24. The van der Waals surface area contributed by atoms with Gasteiger partial charge in [-0.3, -0.25) is 0 Å². The van der Waals surface area contributed by atoms with E-state index in [1.54, 1.807) is 0 Å². The van der Waals surface area contributed by atoms with Crippen molar-refractivity contribution in [3.63, 3.8) is 0 Å². The van der Waals surface area contributed by atoms with E-state index in [4.69, 9.17) is 4.74 Å². The van der Waals surface area contributed by atoms with Crippen molar-refractivity contribution >= 4 is 0 Å². The second-order valence-corrected chi connectivity index (χ2v) is 4.32. The van der Waals surface area contributed by atoms with Gasteiger partial charge in [0.05, 0.1) is 12.7 Å². The minimum atomic E-state index is 0.407. The summed E-state index contributed by atoms with van der Waals surface area (Å²) >= 11 is 0. The quantitative estimate of drug-likeness (QED) is 0.669. The molecule has 2 aliphatic heterocycles. The second kappa shape index (κ2) is 3.07. The van der Waals surface area contributed by atoms with Crippen molar-refractivity contribution in [1.29, 1.82) is 0 Å². The molecule has 1 fully saturated rings. The van der Waals surface area contributed by atoms with Crippen LogP contribution in [0.3, 0.4) is 0 Å². The van der Waals surface area contributed by atoms with E-state index in [0.717, 1.165) is 19.7 Å². The first-order valence-electron chi connectivity index (χ1n) is 5.26. The van der Waals surface area contributed by atoms with E-state index in [-0.39, 0.29) is 0 Å². The molecule has 2 atom stereocenters. The molecule has 2 heterocycles. The van der Waals surface area contributed by atoms with Gasteiger partial charge < -0.3 is 10.1 Å². The molecule has 1 aromatic carbocycles. The predicted molar refractivity (Wildman–Crippen MR) is 55.4 cm³/mol. The van der Waals surface area contributed by atoms with Crippen molar-refractivity contribution in [3.05, 3.63) is 34.9 Å². The first-order valence-corrected chi connectivity index (χ1v) is 5.26. The van der Waals surface area contributed by atoms with E-state index in [9.17, 15) is 0 Å². The molecule has 1 unspecified atom stereocenters. The Kier molecular flexibility index (Phi) is 1.85. The standard InChI is InChI=1S/C12H15NO/c1-8-2-3-9-7-14-12-6-13-5-11(12)10(9)4-8/h2-4,11-13H,5-7H2,1H3/t11-,12?/m0/s1. The van der Waals surface area contributed by atoms with Crippen LogP contribution in [0.4, 0.5) is 0 Å². The van der Waals surface area contributed by atoms with E-state index in [0.29, 0.717) is 12.0 Å². The van der Waals surface area contributed by atoms with Gasteiger partial charge in [-0.15, -0.1) is 0 Å². The van der Waals surface area contributed by atoms with E-state index in [2.05, 4.69) is 30.4 Å². The van der Waals surface area contributed by atoms with E-state index in [1.807, 2.05) is 0 Å². The van der Waals surface area contributed by atoms with Gasteiger partial charge in [0.2, 0.25) is 0 Å². The maximum atomic E-state index is 5.81. The molecule has 0 aromatic heterocycles. The summed E-state index contributed by atoms with van der Waals surface area (Å²) in [6.07, 6.45) is 0.407. The van der Waals surface area contributed by atoms with Crippen molar-refractivity contribution in [1.82, 2.24) is 5.32 Å². The molecular weight excluding hydrogens is 174 g/mol. The zero-order valence-electron chi connectivity index (χ0n) is 8.42. The Balaban J connectivity index is 2.07. The van der Waals surface area contributed by atoms with Crippen molar-refractivity contribution in [2.75, 3.05) is 13.1 Å². The molecule has 0 amide bonds. The average Bonchev–Trinajstić information content (AvgIpc) is 2.65. The maximum absolute atomic E-state index is 5.81. The molecule has 74 valence electrons. The van der Waals surface area contributed by atoms with Crippen LogP contribution in [0.2, 0.25) is 0 Å². The highest BCUT2D eigenvalue weighted by Crippen LogP contribution is 2.33. The van der Waals surface area contributed by atoms with E-state index < -0.39 is 0 Å². The monoisotopic (exact) mass is 189 g/mol. The Hall–Kier alpha value is -0.860. The lowest BCUT2D eigenvalue weighted by molar-refractivity contribution is 0.0299. The number of fused-ring (bicyclic) bond motifs is 3. The van der Waals surface area contributed by atoms with Crippen molar-refractivity contribution in [2.24, 2.45) is 0 Å². The molecule has 0 radical (unpaired) electrons. The van der Waals surface area contributed by atoms with E-state index in [1.165, 1.54) is 16.7 Å². The van der Waals surface area contributed by atoms with Gasteiger partial charge in [-0.25, -0.2) is 0 Å². The summed E-state index contributed by atoms with van der Waals surface area (Å²) < 4.78 is 5.81. The molecular formula is C12H15NO. The van der Waals surface area contributed by atoms with Crippen LogP contribution in [0.15, 0.2) is 18.2 Å². The van der Waals surface area contributed by atoms with Gasteiger partial charge in [-0.2, -0.15) is 0 Å². The zero-order valence-corrected chi connectivity index (χ0v) is 8.42. The molecule has 2 aliphatic rings. The highest BCUT2D eigenvalue weighted by molar-refractivity contribution is 5.37. The SMILES string of the molecule is Cc1ccc2c(c1)[C@@H]1CNCC1OC2. The molecule has 0 bridgehead atoms. The lowest BCUT2D eigenvalue weighted by Crippen LogP contribution is -2.26. The summed E-state index contributed by atoms with van der Waals surface area (Å²) in [7, 11) is 0. The molecule has 0 spiro atoms. The Morgan fingerprint density at radius 3 is 3.21 bits per heavy atom. The van der Waals surface area contributed by atoms with Crippen molar-refractivity contribution in [2.45, 2.75) is 25.6 Å². The Morgan fingerprint density at radius 1 is 1.36 bits per heavy atom. The second-order valence-electron chi connectivity index (χ2n) is 4.32. The lowest BCUT2D eigenvalue weighted by Gasteiger charge is -2.28.